The quantitative estimate of drug-likeness (QED) is 0.845. The van der Waals surface area contributed by atoms with Gasteiger partial charge in [0, 0.05) is 21.9 Å². The molecule has 0 amide bonds. The van der Waals surface area contributed by atoms with Crippen LogP contribution < -0.4 is 5.32 Å². The molecule has 1 N–H and O–H groups in total. The van der Waals surface area contributed by atoms with E-state index in [0.717, 1.165) is 10.0 Å². The number of halogens is 2. The van der Waals surface area contributed by atoms with Crippen LogP contribution in [0.25, 0.3) is 0 Å². The van der Waals surface area contributed by atoms with Crippen LogP contribution in [0, 0.1) is 5.82 Å². The van der Waals surface area contributed by atoms with Gasteiger partial charge in [-0.2, -0.15) is 0 Å². The van der Waals surface area contributed by atoms with Crippen molar-refractivity contribution < 1.29 is 4.39 Å². The predicted molar refractivity (Wildman–Crippen MR) is 80.9 cm³/mol. The van der Waals surface area contributed by atoms with Gasteiger partial charge in [0.1, 0.15) is 5.82 Å². The van der Waals surface area contributed by atoms with Gasteiger partial charge in [0.15, 0.2) is 0 Å². The second-order valence-electron chi connectivity index (χ2n) is 4.90. The first-order chi connectivity index (χ1) is 9.22. The normalized spacial score (nSPS) is 18.3. The van der Waals surface area contributed by atoms with Crippen molar-refractivity contribution in [2.45, 2.75) is 31.8 Å². The largest absolute Gasteiger partial charge is 0.306 e. The van der Waals surface area contributed by atoms with Gasteiger partial charge in [0.25, 0.3) is 0 Å². The summed E-state index contributed by atoms with van der Waals surface area (Å²) >= 11 is 5.18. The van der Waals surface area contributed by atoms with Crippen molar-refractivity contribution in [2.24, 2.45) is 0 Å². The average Bonchev–Trinajstić information content (AvgIpc) is 2.83. The number of hydrogen-bond donors (Lipinski definition) is 1. The molecule has 1 aliphatic carbocycles. The Hall–Kier alpha value is -0.710. The van der Waals surface area contributed by atoms with Crippen LogP contribution in [0.5, 0.6) is 0 Å². The maximum atomic E-state index is 13.3. The van der Waals surface area contributed by atoms with Crippen LogP contribution >= 0.6 is 27.3 Å². The lowest BCUT2D eigenvalue weighted by Gasteiger charge is -2.24. The fraction of sp³-hybridized carbons (Fsp3) is 0.333. The fourth-order valence-corrected chi connectivity index (χ4v) is 4.15. The molecule has 0 radical (unpaired) electrons. The monoisotopic (exact) mass is 339 g/mol. The predicted octanol–water partition coefficient (Wildman–Crippen LogP) is 4.82. The Balaban J connectivity index is 1.70. The zero-order valence-electron chi connectivity index (χ0n) is 10.5. The van der Waals surface area contributed by atoms with Gasteiger partial charge in [-0.05, 0) is 60.0 Å². The van der Waals surface area contributed by atoms with E-state index >= 15 is 0 Å². The smallest absolute Gasteiger partial charge is 0.124 e. The van der Waals surface area contributed by atoms with Crippen molar-refractivity contribution in [3.05, 3.63) is 55.9 Å². The first-order valence-electron chi connectivity index (χ1n) is 6.47. The van der Waals surface area contributed by atoms with Crippen LogP contribution in [0.4, 0.5) is 4.39 Å². The highest BCUT2D eigenvalue weighted by Crippen LogP contribution is 2.33. The van der Waals surface area contributed by atoms with Gasteiger partial charge in [-0.1, -0.05) is 15.9 Å². The Morgan fingerprint density at radius 1 is 1.37 bits per heavy atom. The van der Waals surface area contributed by atoms with Gasteiger partial charge in [0.2, 0.25) is 0 Å². The van der Waals surface area contributed by atoms with Gasteiger partial charge >= 0.3 is 0 Å². The van der Waals surface area contributed by atoms with Crippen LogP contribution in [0.1, 0.15) is 34.9 Å². The summed E-state index contributed by atoms with van der Waals surface area (Å²) in [4.78, 5) is 1.50. The third-order valence-corrected chi connectivity index (χ3v) is 4.98. The minimum atomic E-state index is -0.189. The lowest BCUT2D eigenvalue weighted by atomic mass is 9.94. The van der Waals surface area contributed by atoms with E-state index in [1.54, 1.807) is 6.07 Å². The summed E-state index contributed by atoms with van der Waals surface area (Å²) in [6, 6.07) is 7.68. The number of rotatable bonds is 3. The maximum Gasteiger partial charge on any atom is 0.124 e. The van der Waals surface area contributed by atoms with Gasteiger partial charge in [-0.3, -0.25) is 0 Å². The summed E-state index contributed by atoms with van der Waals surface area (Å²) in [6.45, 7) is 0.705. The topological polar surface area (TPSA) is 12.0 Å². The average molecular weight is 340 g/mol. The van der Waals surface area contributed by atoms with E-state index in [1.165, 1.54) is 35.8 Å². The van der Waals surface area contributed by atoms with E-state index in [4.69, 9.17) is 0 Å². The molecule has 1 aliphatic rings. The molecule has 0 fully saturated rings. The first-order valence-corrected chi connectivity index (χ1v) is 8.14. The van der Waals surface area contributed by atoms with E-state index in [1.807, 2.05) is 17.4 Å². The molecular weight excluding hydrogens is 325 g/mol. The van der Waals surface area contributed by atoms with Crippen LogP contribution in [0.15, 0.2) is 34.1 Å². The van der Waals surface area contributed by atoms with Crippen molar-refractivity contribution in [1.82, 2.24) is 5.32 Å². The van der Waals surface area contributed by atoms with E-state index in [0.29, 0.717) is 12.6 Å². The number of benzene rings is 1. The minimum absolute atomic E-state index is 0.189. The zero-order valence-corrected chi connectivity index (χ0v) is 12.9. The van der Waals surface area contributed by atoms with Crippen molar-refractivity contribution in [3.63, 3.8) is 0 Å². The lowest BCUT2D eigenvalue weighted by Crippen LogP contribution is -2.23. The SMILES string of the molecule is Fc1cc(Br)cc(CNC2CCCc3sccc32)c1. The van der Waals surface area contributed by atoms with Crippen molar-refractivity contribution in [2.75, 3.05) is 0 Å². The molecule has 1 nitrogen and oxygen atoms in total. The first kappa shape index (κ1) is 13.3. The second-order valence-corrected chi connectivity index (χ2v) is 6.82. The Morgan fingerprint density at radius 2 is 2.26 bits per heavy atom. The van der Waals surface area contributed by atoms with Gasteiger partial charge in [-0.25, -0.2) is 4.39 Å². The molecule has 1 unspecified atom stereocenters. The third kappa shape index (κ3) is 3.07. The summed E-state index contributed by atoms with van der Waals surface area (Å²) in [7, 11) is 0. The lowest BCUT2D eigenvalue weighted by molar-refractivity contribution is 0.462. The highest BCUT2D eigenvalue weighted by Gasteiger charge is 2.20. The molecule has 0 saturated heterocycles. The standard InChI is InChI=1S/C15H15BrFNS/c16-11-6-10(7-12(17)8-11)9-18-14-2-1-3-15-13(14)4-5-19-15/h4-8,14,18H,1-3,9H2. The van der Waals surface area contributed by atoms with E-state index in [-0.39, 0.29) is 5.82 Å². The molecule has 3 rings (SSSR count). The third-order valence-electron chi connectivity index (χ3n) is 3.53. The summed E-state index contributed by atoms with van der Waals surface area (Å²) in [5.74, 6) is -0.189. The summed E-state index contributed by atoms with van der Waals surface area (Å²) in [5.41, 5.74) is 2.42. The molecule has 1 aromatic heterocycles. The molecule has 100 valence electrons. The molecular formula is C15H15BrFNS. The number of aryl methyl sites for hydroxylation is 1. The van der Waals surface area contributed by atoms with Crippen LogP contribution in [0.3, 0.4) is 0 Å². The molecule has 4 heteroatoms. The summed E-state index contributed by atoms with van der Waals surface area (Å²) < 4.78 is 14.1. The number of hydrogen-bond acceptors (Lipinski definition) is 2. The second kappa shape index (κ2) is 5.73. The Morgan fingerprint density at radius 3 is 3.11 bits per heavy atom. The Bertz CT molecular complexity index is 561. The summed E-state index contributed by atoms with van der Waals surface area (Å²) in [6.07, 6.45) is 3.61. The Kier molecular flexibility index (Phi) is 4.01. The molecule has 0 saturated carbocycles. The molecule has 0 spiro atoms. The molecule has 2 aromatic rings. The van der Waals surface area contributed by atoms with Crippen LogP contribution in [-0.2, 0) is 13.0 Å². The van der Waals surface area contributed by atoms with E-state index in [2.05, 4.69) is 32.7 Å². The molecule has 1 atom stereocenters. The fourth-order valence-electron chi connectivity index (χ4n) is 2.65. The number of fused-ring (bicyclic) bond motifs is 1. The molecule has 19 heavy (non-hydrogen) atoms. The highest BCUT2D eigenvalue weighted by atomic mass is 79.9. The van der Waals surface area contributed by atoms with Crippen LogP contribution in [-0.4, -0.2) is 0 Å². The van der Waals surface area contributed by atoms with Gasteiger partial charge in [0.05, 0.1) is 0 Å². The summed E-state index contributed by atoms with van der Waals surface area (Å²) in [5, 5.41) is 5.72. The molecule has 1 aromatic carbocycles. The highest BCUT2D eigenvalue weighted by molar-refractivity contribution is 9.10. The maximum absolute atomic E-state index is 13.3. The van der Waals surface area contributed by atoms with Gasteiger partial charge in [-0.15, -0.1) is 11.3 Å². The van der Waals surface area contributed by atoms with Gasteiger partial charge < -0.3 is 5.32 Å². The van der Waals surface area contributed by atoms with Crippen molar-refractivity contribution >= 4 is 27.3 Å². The molecule has 0 bridgehead atoms. The van der Waals surface area contributed by atoms with Crippen LogP contribution in [0.2, 0.25) is 0 Å². The number of thiophene rings is 1. The van der Waals surface area contributed by atoms with E-state index < -0.39 is 0 Å². The molecule has 0 aliphatic heterocycles. The van der Waals surface area contributed by atoms with E-state index in [9.17, 15) is 4.39 Å². The zero-order chi connectivity index (χ0) is 13.2. The Labute approximate surface area is 125 Å². The van der Waals surface area contributed by atoms with Crippen molar-refractivity contribution in [3.8, 4) is 0 Å². The van der Waals surface area contributed by atoms with Crippen molar-refractivity contribution in [1.29, 1.82) is 0 Å². The molecule has 1 heterocycles. The number of nitrogens with one attached hydrogen (secondary N) is 1. The minimum Gasteiger partial charge on any atom is -0.306 e.